The first-order chi connectivity index (χ1) is 18.6. The Hall–Kier alpha value is -3.46. The molecule has 6 nitrogen and oxygen atoms in total. The monoisotopic (exact) mass is 529 g/mol. The Kier molecular flexibility index (Phi) is 7.38. The molecule has 1 heterocycles. The minimum absolute atomic E-state index is 0.0485. The zero-order chi connectivity index (χ0) is 27.8. The van der Waals surface area contributed by atoms with Crippen LogP contribution in [0, 0.1) is 5.82 Å². The molecule has 2 aliphatic rings. The summed E-state index contributed by atoms with van der Waals surface area (Å²) in [5.74, 6) is -0.488. The Bertz CT molecular complexity index is 1360. The number of aliphatic hydroxyl groups excluding tert-OH is 1. The molecule has 202 valence electrons. The van der Waals surface area contributed by atoms with Crippen molar-refractivity contribution >= 4 is 19.3 Å². The average molecular weight is 529 g/mol. The topological polar surface area (TPSA) is 77.0 Å². The van der Waals surface area contributed by atoms with Gasteiger partial charge in [-0.25, -0.2) is 9.18 Å². The number of carbonyl (C=O) groups is 1. The Morgan fingerprint density at radius 3 is 2.18 bits per heavy atom. The van der Waals surface area contributed by atoms with Crippen LogP contribution in [0.4, 0.5) is 9.18 Å². The third-order valence-corrected chi connectivity index (χ3v) is 7.95. The summed E-state index contributed by atoms with van der Waals surface area (Å²) in [4.78, 5) is 12.9. The van der Waals surface area contributed by atoms with Gasteiger partial charge < -0.3 is 24.5 Å². The number of amides is 1. The van der Waals surface area contributed by atoms with Crippen LogP contribution in [0.25, 0.3) is 17.2 Å². The van der Waals surface area contributed by atoms with Crippen LogP contribution < -0.4 is 5.32 Å². The number of carbonyl (C=O) groups excluding carboxylic acids is 1. The molecule has 0 atom stereocenters. The van der Waals surface area contributed by atoms with Gasteiger partial charge in [-0.15, -0.1) is 0 Å². The van der Waals surface area contributed by atoms with Gasteiger partial charge >= 0.3 is 13.2 Å². The largest absolute Gasteiger partial charge is 0.492 e. The smallest absolute Gasteiger partial charge is 0.449 e. The van der Waals surface area contributed by atoms with E-state index in [-0.39, 0.29) is 25.7 Å². The van der Waals surface area contributed by atoms with E-state index < -0.39 is 30.2 Å². The van der Waals surface area contributed by atoms with Crippen molar-refractivity contribution < 1.29 is 28.3 Å². The lowest BCUT2D eigenvalue weighted by molar-refractivity contribution is 0.00578. The third kappa shape index (κ3) is 5.37. The molecule has 5 rings (SSSR count). The Morgan fingerprint density at radius 1 is 1.00 bits per heavy atom. The van der Waals surface area contributed by atoms with Gasteiger partial charge in [0.1, 0.15) is 12.4 Å². The number of hydrogen-bond donors (Lipinski definition) is 2. The van der Waals surface area contributed by atoms with Crippen LogP contribution >= 0.6 is 0 Å². The average Bonchev–Trinajstić information content (AvgIpc) is 3.34. The highest BCUT2D eigenvalue weighted by atomic mass is 19.1. The number of fused-ring (bicyclic) bond motifs is 3. The van der Waals surface area contributed by atoms with Gasteiger partial charge in [0.25, 0.3) is 0 Å². The molecule has 0 radical (unpaired) electrons. The van der Waals surface area contributed by atoms with Gasteiger partial charge in [0.2, 0.25) is 0 Å². The second-order valence-electron chi connectivity index (χ2n) is 11.0. The molecule has 1 aliphatic heterocycles. The molecule has 39 heavy (non-hydrogen) atoms. The minimum Gasteiger partial charge on any atom is -0.449 e. The fourth-order valence-electron chi connectivity index (χ4n) is 5.07. The van der Waals surface area contributed by atoms with E-state index in [1.54, 1.807) is 12.1 Å². The molecule has 3 aromatic carbocycles. The molecule has 3 aromatic rings. The molecule has 1 aliphatic carbocycles. The quantitative estimate of drug-likeness (QED) is 0.375. The van der Waals surface area contributed by atoms with E-state index in [1.165, 1.54) is 12.1 Å². The number of ether oxygens (including phenoxy) is 1. The Balaban J connectivity index is 1.32. The van der Waals surface area contributed by atoms with Gasteiger partial charge in [-0.2, -0.15) is 0 Å². The zero-order valence-electron chi connectivity index (χ0n) is 22.7. The predicted octanol–water partition coefficient (Wildman–Crippen LogP) is 5.87. The van der Waals surface area contributed by atoms with Gasteiger partial charge in [-0.1, -0.05) is 60.7 Å². The summed E-state index contributed by atoms with van der Waals surface area (Å²) < 4.78 is 31.9. The van der Waals surface area contributed by atoms with Gasteiger partial charge in [-0.3, -0.25) is 0 Å². The second kappa shape index (κ2) is 10.6. The zero-order valence-corrected chi connectivity index (χ0v) is 22.7. The molecule has 2 N–H and O–H groups in total. The summed E-state index contributed by atoms with van der Waals surface area (Å²) in [6.07, 6.45) is 1.19. The molecule has 0 saturated carbocycles. The first-order valence-electron chi connectivity index (χ1n) is 13.1. The summed E-state index contributed by atoms with van der Waals surface area (Å²) in [5.41, 5.74) is 5.05. The van der Waals surface area contributed by atoms with E-state index in [0.717, 1.165) is 22.3 Å². The van der Waals surface area contributed by atoms with Crippen molar-refractivity contribution in [3.05, 3.63) is 100 Å². The molecular weight excluding hydrogens is 496 g/mol. The highest BCUT2D eigenvalue weighted by molar-refractivity contribution is 6.56. The molecule has 0 spiro atoms. The number of benzene rings is 3. The van der Waals surface area contributed by atoms with Crippen molar-refractivity contribution in [3.63, 3.8) is 0 Å². The van der Waals surface area contributed by atoms with E-state index in [1.807, 2.05) is 52.0 Å². The number of hydrogen-bond acceptors (Lipinski definition) is 5. The number of halogens is 1. The second-order valence-corrected chi connectivity index (χ2v) is 11.0. The fourth-order valence-corrected chi connectivity index (χ4v) is 5.07. The molecule has 8 heteroatoms. The molecule has 0 unspecified atom stereocenters. The molecule has 1 amide bonds. The van der Waals surface area contributed by atoms with Crippen molar-refractivity contribution in [2.45, 2.75) is 51.4 Å². The highest BCUT2D eigenvalue weighted by Crippen LogP contribution is 2.44. The van der Waals surface area contributed by atoms with Crippen molar-refractivity contribution in [3.8, 4) is 11.1 Å². The van der Waals surface area contributed by atoms with Crippen LogP contribution in [0.5, 0.6) is 0 Å². The number of rotatable bonds is 7. The maximum atomic E-state index is 13.8. The standard InChI is InChI=1S/C31H33BFNO5/c1-30(2)31(3,4)39-32(38-30)22(15-20-13-14-23(33)16-21(20)18-35)17-34-29(36)37-19-28-26-11-7-5-9-24(26)25-10-6-8-12-27(25)28/h5-16,28,35H,17-19H2,1-4H3,(H,34,36). The van der Waals surface area contributed by atoms with Gasteiger partial charge in [0.05, 0.1) is 17.8 Å². The SMILES string of the molecule is CC1(C)OB(C(=Cc2ccc(F)cc2CO)CNC(=O)OCC2c3ccccc3-c3ccccc32)OC1(C)C. The van der Waals surface area contributed by atoms with Crippen molar-refractivity contribution in [1.29, 1.82) is 0 Å². The Labute approximate surface area is 228 Å². The lowest BCUT2D eigenvalue weighted by Crippen LogP contribution is -2.41. The number of aliphatic hydroxyl groups is 1. The maximum absolute atomic E-state index is 13.8. The van der Waals surface area contributed by atoms with Crippen molar-refractivity contribution in [2.24, 2.45) is 0 Å². The van der Waals surface area contributed by atoms with Crippen molar-refractivity contribution in [1.82, 2.24) is 5.32 Å². The minimum atomic E-state index is -0.750. The van der Waals surface area contributed by atoms with Crippen LogP contribution in [-0.2, 0) is 20.7 Å². The van der Waals surface area contributed by atoms with E-state index >= 15 is 0 Å². The normalized spacial score (nSPS) is 17.6. The fraction of sp³-hybridized carbons (Fsp3) is 0.323. The third-order valence-electron chi connectivity index (χ3n) is 7.95. The van der Waals surface area contributed by atoms with Gasteiger partial charge in [0.15, 0.2) is 0 Å². The molecule has 0 bridgehead atoms. The summed E-state index contributed by atoms with van der Waals surface area (Å²) in [6.45, 7) is 7.72. The molecule has 1 saturated heterocycles. The molecular formula is C31H33BFNO5. The lowest BCUT2D eigenvalue weighted by atomic mass is 9.76. The summed E-state index contributed by atoms with van der Waals surface area (Å²) >= 11 is 0. The summed E-state index contributed by atoms with van der Waals surface area (Å²) in [7, 11) is -0.750. The van der Waals surface area contributed by atoms with Gasteiger partial charge in [-0.05, 0) is 78.7 Å². The summed E-state index contributed by atoms with van der Waals surface area (Å²) in [6, 6.07) is 20.5. The van der Waals surface area contributed by atoms with Crippen LogP contribution in [0.3, 0.4) is 0 Å². The number of nitrogens with one attached hydrogen (secondary N) is 1. The summed E-state index contributed by atoms with van der Waals surface area (Å²) in [5, 5.41) is 12.6. The maximum Gasteiger partial charge on any atom is 0.492 e. The Morgan fingerprint density at radius 2 is 1.59 bits per heavy atom. The van der Waals surface area contributed by atoms with E-state index in [2.05, 4.69) is 29.6 Å². The van der Waals surface area contributed by atoms with Crippen LogP contribution in [0.1, 0.15) is 55.9 Å². The molecule has 0 aromatic heterocycles. The van der Waals surface area contributed by atoms with E-state index in [9.17, 15) is 14.3 Å². The predicted molar refractivity (Wildman–Crippen MR) is 149 cm³/mol. The number of alkyl carbamates (subject to hydrolysis) is 1. The van der Waals surface area contributed by atoms with Crippen LogP contribution in [0.15, 0.2) is 72.2 Å². The first kappa shape index (κ1) is 27.1. The molecule has 1 fully saturated rings. The van der Waals surface area contributed by atoms with Crippen LogP contribution in [-0.4, -0.2) is 42.7 Å². The highest BCUT2D eigenvalue weighted by Gasteiger charge is 2.52. The van der Waals surface area contributed by atoms with Crippen LogP contribution in [0.2, 0.25) is 0 Å². The van der Waals surface area contributed by atoms with Crippen molar-refractivity contribution in [2.75, 3.05) is 13.2 Å². The van der Waals surface area contributed by atoms with E-state index in [0.29, 0.717) is 16.6 Å². The first-order valence-corrected chi connectivity index (χ1v) is 13.1. The lowest BCUT2D eigenvalue weighted by Gasteiger charge is -2.32. The van der Waals surface area contributed by atoms with E-state index in [4.69, 9.17) is 14.0 Å². The van der Waals surface area contributed by atoms with Gasteiger partial charge in [0, 0.05) is 12.5 Å².